The number of hydrogen-bond acceptors (Lipinski definition) is 4. The van der Waals surface area contributed by atoms with E-state index in [1.54, 1.807) is 24.0 Å². The second-order valence-corrected chi connectivity index (χ2v) is 7.66. The molecule has 0 radical (unpaired) electrons. The van der Waals surface area contributed by atoms with Crippen LogP contribution in [0.3, 0.4) is 0 Å². The number of aryl methyl sites for hydroxylation is 1. The second-order valence-electron chi connectivity index (χ2n) is 7.66. The fourth-order valence-electron chi connectivity index (χ4n) is 2.76. The number of carbonyl (C=O) groups excluding carboxylic acids is 2. The molecular formula is C22H28N2O3. The van der Waals surface area contributed by atoms with Crippen molar-refractivity contribution in [2.75, 3.05) is 5.73 Å². The molecule has 2 rings (SSSR count). The number of esters is 1. The van der Waals surface area contributed by atoms with E-state index >= 15 is 0 Å². The molecule has 0 heterocycles. The Hall–Kier alpha value is -2.82. The molecule has 0 unspecified atom stereocenters. The molecule has 0 fully saturated rings. The lowest BCUT2D eigenvalue weighted by Gasteiger charge is -2.37. The van der Waals surface area contributed by atoms with Crippen LogP contribution in [0.1, 0.15) is 49.2 Å². The van der Waals surface area contributed by atoms with Gasteiger partial charge in [-0.25, -0.2) is 4.79 Å². The molecule has 2 aromatic carbocycles. The predicted octanol–water partition coefficient (Wildman–Crippen LogP) is 3.95. The third-order valence-corrected chi connectivity index (χ3v) is 4.43. The Morgan fingerprint density at radius 2 is 1.70 bits per heavy atom. The zero-order chi connectivity index (χ0) is 20.2. The summed E-state index contributed by atoms with van der Waals surface area (Å²) >= 11 is 0. The quantitative estimate of drug-likeness (QED) is 0.641. The van der Waals surface area contributed by atoms with Gasteiger partial charge in [-0.15, -0.1) is 0 Å². The molecule has 144 valence electrons. The Morgan fingerprint density at radius 3 is 2.30 bits per heavy atom. The summed E-state index contributed by atoms with van der Waals surface area (Å²) in [6, 6.07) is 14.9. The number of rotatable bonds is 5. The number of hydrogen-bond donors (Lipinski definition) is 1. The monoisotopic (exact) mass is 368 g/mol. The van der Waals surface area contributed by atoms with Crippen LogP contribution >= 0.6 is 0 Å². The van der Waals surface area contributed by atoms with Gasteiger partial charge in [0.25, 0.3) is 5.91 Å². The summed E-state index contributed by atoms with van der Waals surface area (Å²) in [5.41, 5.74) is 8.01. The summed E-state index contributed by atoms with van der Waals surface area (Å²) in [7, 11) is 0. The summed E-state index contributed by atoms with van der Waals surface area (Å²) in [6.07, 6.45) is -0.916. The third kappa shape index (κ3) is 5.09. The van der Waals surface area contributed by atoms with E-state index in [4.69, 9.17) is 10.5 Å². The number of amides is 1. The number of nitrogen functional groups attached to an aromatic ring is 1. The van der Waals surface area contributed by atoms with Crippen LogP contribution in [0.2, 0.25) is 0 Å². The van der Waals surface area contributed by atoms with Gasteiger partial charge in [-0.3, -0.25) is 4.79 Å². The van der Waals surface area contributed by atoms with Crippen molar-refractivity contribution in [1.82, 2.24) is 4.90 Å². The Kier molecular flexibility index (Phi) is 6.26. The molecule has 1 amide bonds. The van der Waals surface area contributed by atoms with Gasteiger partial charge in [0.1, 0.15) is 0 Å². The van der Waals surface area contributed by atoms with Crippen molar-refractivity contribution >= 4 is 17.6 Å². The third-order valence-electron chi connectivity index (χ3n) is 4.43. The minimum Gasteiger partial charge on any atom is -0.449 e. The summed E-state index contributed by atoms with van der Waals surface area (Å²) < 4.78 is 5.44. The summed E-state index contributed by atoms with van der Waals surface area (Å²) in [5, 5.41) is 0. The summed E-state index contributed by atoms with van der Waals surface area (Å²) in [4.78, 5) is 27.2. The second kappa shape index (κ2) is 8.25. The van der Waals surface area contributed by atoms with Gasteiger partial charge in [0.2, 0.25) is 0 Å². The molecule has 1 atom stereocenters. The number of carbonyl (C=O) groups is 2. The van der Waals surface area contributed by atoms with Gasteiger partial charge < -0.3 is 15.4 Å². The first-order valence-electron chi connectivity index (χ1n) is 9.02. The largest absolute Gasteiger partial charge is 0.449 e. The predicted molar refractivity (Wildman–Crippen MR) is 107 cm³/mol. The molecule has 27 heavy (non-hydrogen) atoms. The number of benzene rings is 2. The fraction of sp³-hybridized carbons (Fsp3) is 0.364. The van der Waals surface area contributed by atoms with Gasteiger partial charge in [0, 0.05) is 17.8 Å². The maximum absolute atomic E-state index is 13.0. The van der Waals surface area contributed by atoms with Crippen molar-refractivity contribution in [1.29, 1.82) is 0 Å². The van der Waals surface area contributed by atoms with Crippen LogP contribution in [0.15, 0.2) is 48.5 Å². The number of anilines is 1. The smallest absolute Gasteiger partial charge is 0.341 e. The molecule has 0 aliphatic heterocycles. The van der Waals surface area contributed by atoms with Crippen molar-refractivity contribution in [3.8, 4) is 0 Å². The van der Waals surface area contributed by atoms with Crippen LogP contribution in [0.4, 0.5) is 5.69 Å². The maximum Gasteiger partial charge on any atom is 0.341 e. The van der Waals surface area contributed by atoms with Crippen LogP contribution < -0.4 is 5.73 Å². The van der Waals surface area contributed by atoms with Crippen LogP contribution in [0.5, 0.6) is 0 Å². The van der Waals surface area contributed by atoms with Crippen molar-refractivity contribution in [2.24, 2.45) is 0 Å². The van der Waals surface area contributed by atoms with Crippen LogP contribution in [-0.4, -0.2) is 28.4 Å². The average Bonchev–Trinajstić information content (AvgIpc) is 2.61. The van der Waals surface area contributed by atoms with Gasteiger partial charge in [-0.1, -0.05) is 42.5 Å². The van der Waals surface area contributed by atoms with Crippen molar-refractivity contribution < 1.29 is 14.3 Å². The van der Waals surface area contributed by atoms with Crippen LogP contribution in [-0.2, 0) is 16.1 Å². The van der Waals surface area contributed by atoms with E-state index in [2.05, 4.69) is 0 Å². The molecule has 2 N–H and O–H groups in total. The van der Waals surface area contributed by atoms with E-state index in [-0.39, 0.29) is 11.5 Å². The van der Waals surface area contributed by atoms with Gasteiger partial charge >= 0.3 is 5.97 Å². The standard InChI is InChI=1S/C22H28N2O3/c1-15-10-9-13-18(19(15)23)21(26)27-16(2)20(25)24(22(3,4)5)14-17-11-7-6-8-12-17/h6-13,16H,14,23H2,1-5H3/t16-/m1/s1. The highest BCUT2D eigenvalue weighted by Crippen LogP contribution is 2.22. The SMILES string of the molecule is Cc1cccc(C(=O)O[C@H](C)C(=O)N(Cc2ccccc2)C(C)(C)C)c1N. The average molecular weight is 368 g/mol. The normalized spacial score (nSPS) is 12.3. The first-order chi connectivity index (χ1) is 12.6. The zero-order valence-electron chi connectivity index (χ0n) is 16.7. The lowest BCUT2D eigenvalue weighted by atomic mass is 10.0. The number of para-hydroxylation sites is 1. The molecular weight excluding hydrogens is 340 g/mol. The van der Waals surface area contributed by atoms with Crippen LogP contribution in [0.25, 0.3) is 0 Å². The minimum atomic E-state index is -0.916. The Bertz CT molecular complexity index is 810. The summed E-state index contributed by atoms with van der Waals surface area (Å²) in [5.74, 6) is -0.837. The van der Waals surface area contributed by atoms with Gasteiger partial charge in [-0.05, 0) is 51.8 Å². The maximum atomic E-state index is 13.0. The Labute approximate surface area is 161 Å². The molecule has 0 aliphatic rings. The number of ether oxygens (including phenoxy) is 1. The lowest BCUT2D eigenvalue weighted by molar-refractivity contribution is -0.145. The van der Waals surface area contributed by atoms with E-state index < -0.39 is 17.6 Å². The highest BCUT2D eigenvalue weighted by Gasteiger charge is 2.32. The molecule has 0 bridgehead atoms. The topological polar surface area (TPSA) is 72.6 Å². The Balaban J connectivity index is 2.17. The number of nitrogens with zero attached hydrogens (tertiary/aromatic N) is 1. The first-order valence-corrected chi connectivity index (χ1v) is 9.02. The molecule has 0 saturated heterocycles. The van der Waals surface area contributed by atoms with E-state index in [1.807, 2.05) is 64.1 Å². The Morgan fingerprint density at radius 1 is 1.07 bits per heavy atom. The molecule has 2 aromatic rings. The highest BCUT2D eigenvalue weighted by atomic mass is 16.5. The van der Waals surface area contributed by atoms with E-state index in [1.165, 1.54) is 0 Å². The fourth-order valence-corrected chi connectivity index (χ4v) is 2.76. The van der Waals surface area contributed by atoms with Crippen molar-refractivity contribution in [2.45, 2.75) is 52.8 Å². The zero-order valence-corrected chi connectivity index (χ0v) is 16.7. The van der Waals surface area contributed by atoms with Gasteiger partial charge in [-0.2, -0.15) is 0 Å². The molecule has 5 nitrogen and oxygen atoms in total. The molecule has 0 spiro atoms. The molecule has 0 aliphatic carbocycles. The van der Waals surface area contributed by atoms with Crippen molar-refractivity contribution in [3.63, 3.8) is 0 Å². The van der Waals surface area contributed by atoms with E-state index in [0.717, 1.165) is 11.1 Å². The van der Waals surface area contributed by atoms with Crippen LogP contribution in [0, 0.1) is 6.92 Å². The molecule has 0 aromatic heterocycles. The lowest BCUT2D eigenvalue weighted by Crippen LogP contribution is -2.49. The van der Waals surface area contributed by atoms with Gasteiger partial charge in [0.05, 0.1) is 5.56 Å². The van der Waals surface area contributed by atoms with Gasteiger partial charge in [0.15, 0.2) is 6.10 Å². The highest BCUT2D eigenvalue weighted by molar-refractivity contribution is 5.97. The first kappa shape index (κ1) is 20.5. The van der Waals surface area contributed by atoms with E-state index in [0.29, 0.717) is 12.2 Å². The molecule has 5 heteroatoms. The minimum absolute atomic E-state index is 0.245. The van der Waals surface area contributed by atoms with Crippen molar-refractivity contribution in [3.05, 3.63) is 65.2 Å². The summed E-state index contributed by atoms with van der Waals surface area (Å²) in [6.45, 7) is 9.73. The number of nitrogens with two attached hydrogens (primary N) is 1. The molecule has 0 saturated carbocycles. The van der Waals surface area contributed by atoms with E-state index in [9.17, 15) is 9.59 Å².